The van der Waals surface area contributed by atoms with Crippen LogP contribution in [0.25, 0.3) is 6.08 Å². The van der Waals surface area contributed by atoms with Gasteiger partial charge in [0.1, 0.15) is 5.75 Å². The first-order valence-electron chi connectivity index (χ1n) is 6.94. The molecule has 0 saturated heterocycles. The van der Waals surface area contributed by atoms with Crippen LogP contribution in [0.3, 0.4) is 0 Å². The molecule has 2 aromatic rings. The minimum absolute atomic E-state index is 0.307. The lowest BCUT2D eigenvalue weighted by Gasteiger charge is -2.05. The van der Waals surface area contributed by atoms with Gasteiger partial charge in [0.2, 0.25) is 5.91 Å². The molecule has 0 heterocycles. The molecule has 0 unspecified atom stereocenters. The third-order valence-electron chi connectivity index (χ3n) is 3.10. The van der Waals surface area contributed by atoms with Gasteiger partial charge in [-0.25, -0.2) is 4.79 Å². The van der Waals surface area contributed by atoms with Crippen LogP contribution in [0.15, 0.2) is 54.6 Å². The second kappa shape index (κ2) is 7.79. The Morgan fingerprint density at radius 3 is 2.57 bits per heavy atom. The fourth-order valence-corrected chi connectivity index (χ4v) is 2.00. The molecule has 0 atom stereocenters. The van der Waals surface area contributed by atoms with Crippen molar-refractivity contribution in [3.63, 3.8) is 0 Å². The van der Waals surface area contributed by atoms with E-state index in [4.69, 9.17) is 4.74 Å². The molecule has 0 aromatic heterocycles. The zero-order chi connectivity index (χ0) is 16.7. The number of rotatable bonds is 5. The summed E-state index contributed by atoms with van der Waals surface area (Å²) in [6, 6.07) is 13.9. The van der Waals surface area contributed by atoms with Gasteiger partial charge in [-0.15, -0.1) is 0 Å². The predicted octanol–water partition coefficient (Wildman–Crippen LogP) is 3.13. The quantitative estimate of drug-likeness (QED) is 0.680. The van der Waals surface area contributed by atoms with Crippen molar-refractivity contribution in [3.8, 4) is 5.75 Å². The maximum Gasteiger partial charge on any atom is 0.337 e. The highest BCUT2D eigenvalue weighted by Gasteiger charge is 2.06. The summed E-state index contributed by atoms with van der Waals surface area (Å²) in [6.45, 7) is 0. The van der Waals surface area contributed by atoms with Crippen molar-refractivity contribution >= 4 is 23.6 Å². The fraction of sp³-hybridized carbons (Fsp3) is 0.111. The smallest absolute Gasteiger partial charge is 0.337 e. The van der Waals surface area contributed by atoms with Crippen LogP contribution in [-0.2, 0) is 9.53 Å². The fourth-order valence-electron chi connectivity index (χ4n) is 2.00. The van der Waals surface area contributed by atoms with E-state index in [0.717, 1.165) is 5.56 Å². The number of ether oxygens (including phenoxy) is 2. The topological polar surface area (TPSA) is 64.6 Å². The number of nitrogens with one attached hydrogen (secondary N) is 1. The Labute approximate surface area is 134 Å². The van der Waals surface area contributed by atoms with E-state index in [1.807, 2.05) is 24.3 Å². The summed E-state index contributed by atoms with van der Waals surface area (Å²) in [5.41, 5.74) is 1.69. The standard InChI is InChI=1S/C18H17NO4/c1-22-16-9-4-3-6-13(16)10-11-17(20)19-15-8-5-7-14(12-15)18(21)23-2/h3-12H,1-2H3,(H,19,20). The lowest BCUT2D eigenvalue weighted by Crippen LogP contribution is -2.09. The van der Waals surface area contributed by atoms with Gasteiger partial charge >= 0.3 is 5.97 Å². The number of hydrogen-bond donors (Lipinski definition) is 1. The van der Waals surface area contributed by atoms with Crippen LogP contribution in [0.5, 0.6) is 5.75 Å². The first-order chi connectivity index (χ1) is 11.1. The Hall–Kier alpha value is -3.08. The molecule has 1 amide bonds. The van der Waals surface area contributed by atoms with Crippen LogP contribution in [-0.4, -0.2) is 26.1 Å². The zero-order valence-corrected chi connectivity index (χ0v) is 12.9. The van der Waals surface area contributed by atoms with Crippen LogP contribution in [0.4, 0.5) is 5.69 Å². The third kappa shape index (κ3) is 4.44. The summed E-state index contributed by atoms with van der Waals surface area (Å²) in [5.74, 6) is -0.0761. The Balaban J connectivity index is 2.08. The molecule has 2 aromatic carbocycles. The Kier molecular flexibility index (Phi) is 5.52. The summed E-state index contributed by atoms with van der Waals surface area (Å²) >= 11 is 0. The summed E-state index contributed by atoms with van der Waals surface area (Å²) in [5, 5.41) is 2.69. The SMILES string of the molecule is COC(=O)c1cccc(NC(=O)C=Cc2ccccc2OC)c1. The van der Waals surface area contributed by atoms with Crippen molar-refractivity contribution in [2.45, 2.75) is 0 Å². The minimum Gasteiger partial charge on any atom is -0.496 e. The average molecular weight is 311 g/mol. The van der Waals surface area contributed by atoms with E-state index >= 15 is 0 Å². The molecule has 5 heteroatoms. The van der Waals surface area contributed by atoms with Crippen molar-refractivity contribution in [2.75, 3.05) is 19.5 Å². The molecule has 0 aliphatic carbocycles. The van der Waals surface area contributed by atoms with Gasteiger partial charge in [0, 0.05) is 17.3 Å². The van der Waals surface area contributed by atoms with Crippen molar-refractivity contribution < 1.29 is 19.1 Å². The second-order valence-electron chi connectivity index (χ2n) is 4.64. The number of amides is 1. The van der Waals surface area contributed by atoms with Gasteiger partial charge < -0.3 is 14.8 Å². The number of methoxy groups -OCH3 is 2. The van der Waals surface area contributed by atoms with Gasteiger partial charge in [-0.2, -0.15) is 0 Å². The second-order valence-corrected chi connectivity index (χ2v) is 4.64. The maximum absolute atomic E-state index is 12.0. The Bertz CT molecular complexity index is 737. The molecule has 0 aliphatic rings. The van der Waals surface area contributed by atoms with Crippen LogP contribution >= 0.6 is 0 Å². The third-order valence-corrected chi connectivity index (χ3v) is 3.10. The number of carbonyl (C=O) groups excluding carboxylic acids is 2. The minimum atomic E-state index is -0.453. The van der Waals surface area contributed by atoms with Gasteiger partial charge in [0.05, 0.1) is 19.8 Å². The number of esters is 1. The Morgan fingerprint density at radius 1 is 1.04 bits per heavy atom. The molecule has 0 bridgehead atoms. The van der Waals surface area contributed by atoms with Crippen molar-refractivity contribution in [1.29, 1.82) is 0 Å². The van der Waals surface area contributed by atoms with E-state index in [1.54, 1.807) is 37.5 Å². The molecule has 0 saturated carbocycles. The normalized spacial score (nSPS) is 10.3. The van der Waals surface area contributed by atoms with E-state index in [0.29, 0.717) is 17.0 Å². The number of benzene rings is 2. The van der Waals surface area contributed by atoms with Crippen molar-refractivity contribution in [3.05, 3.63) is 65.7 Å². The molecular formula is C18H17NO4. The largest absolute Gasteiger partial charge is 0.496 e. The Morgan fingerprint density at radius 2 is 1.83 bits per heavy atom. The van der Waals surface area contributed by atoms with Crippen LogP contribution in [0, 0.1) is 0 Å². The molecule has 1 N–H and O–H groups in total. The monoisotopic (exact) mass is 311 g/mol. The summed E-state index contributed by atoms with van der Waals surface area (Å²) in [4.78, 5) is 23.5. The van der Waals surface area contributed by atoms with E-state index in [-0.39, 0.29) is 5.91 Å². The zero-order valence-electron chi connectivity index (χ0n) is 12.9. The molecule has 0 radical (unpaired) electrons. The van der Waals surface area contributed by atoms with E-state index in [2.05, 4.69) is 10.1 Å². The lowest BCUT2D eigenvalue weighted by molar-refractivity contribution is -0.111. The summed E-state index contributed by atoms with van der Waals surface area (Å²) in [7, 11) is 2.88. The molecule has 118 valence electrons. The highest BCUT2D eigenvalue weighted by molar-refractivity contribution is 6.02. The first-order valence-corrected chi connectivity index (χ1v) is 6.94. The van der Waals surface area contributed by atoms with Crippen LogP contribution in [0.1, 0.15) is 15.9 Å². The van der Waals surface area contributed by atoms with Crippen molar-refractivity contribution in [1.82, 2.24) is 0 Å². The van der Waals surface area contributed by atoms with E-state index in [1.165, 1.54) is 13.2 Å². The van der Waals surface area contributed by atoms with Gasteiger partial charge in [-0.3, -0.25) is 4.79 Å². The van der Waals surface area contributed by atoms with E-state index in [9.17, 15) is 9.59 Å². The number of carbonyl (C=O) groups is 2. The predicted molar refractivity (Wildman–Crippen MR) is 88.4 cm³/mol. The average Bonchev–Trinajstić information content (AvgIpc) is 2.59. The first kappa shape index (κ1) is 16.3. The molecule has 0 spiro atoms. The molecule has 0 aliphatic heterocycles. The van der Waals surface area contributed by atoms with Crippen LogP contribution < -0.4 is 10.1 Å². The van der Waals surface area contributed by atoms with E-state index < -0.39 is 5.97 Å². The van der Waals surface area contributed by atoms with Crippen molar-refractivity contribution in [2.24, 2.45) is 0 Å². The highest BCUT2D eigenvalue weighted by Crippen LogP contribution is 2.18. The molecule has 23 heavy (non-hydrogen) atoms. The maximum atomic E-state index is 12.0. The van der Waals surface area contributed by atoms with Gasteiger partial charge in [0.15, 0.2) is 0 Å². The van der Waals surface area contributed by atoms with Gasteiger partial charge in [0.25, 0.3) is 0 Å². The highest BCUT2D eigenvalue weighted by atomic mass is 16.5. The summed E-state index contributed by atoms with van der Waals surface area (Å²) < 4.78 is 9.86. The van der Waals surface area contributed by atoms with Gasteiger partial charge in [-0.1, -0.05) is 24.3 Å². The molecule has 0 fully saturated rings. The molecular weight excluding hydrogens is 294 g/mol. The summed E-state index contributed by atoms with van der Waals surface area (Å²) in [6.07, 6.45) is 3.07. The van der Waals surface area contributed by atoms with Gasteiger partial charge in [-0.05, 0) is 30.3 Å². The number of anilines is 1. The molecule has 2 rings (SSSR count). The number of para-hydroxylation sites is 1. The van der Waals surface area contributed by atoms with Crippen LogP contribution in [0.2, 0.25) is 0 Å². The molecule has 5 nitrogen and oxygen atoms in total. The lowest BCUT2D eigenvalue weighted by atomic mass is 10.2. The number of hydrogen-bond acceptors (Lipinski definition) is 4.